The third-order valence-corrected chi connectivity index (χ3v) is 21.0. The number of aliphatic hydroxyl groups is 4. The molecule has 6 N–H and O–H groups in total. The molecule has 0 amide bonds. The van der Waals surface area contributed by atoms with Crippen LogP contribution in [0.4, 0.5) is 0 Å². The van der Waals surface area contributed by atoms with Gasteiger partial charge in [-0.05, 0) is 156 Å². The van der Waals surface area contributed by atoms with Crippen molar-refractivity contribution in [3.63, 3.8) is 0 Å². The van der Waals surface area contributed by atoms with Crippen LogP contribution in [0, 0.1) is 0 Å². The second-order valence-corrected chi connectivity index (χ2v) is 26.9. The minimum absolute atomic E-state index is 0.0597. The second-order valence-electron chi connectivity index (χ2n) is 26.9. The summed E-state index contributed by atoms with van der Waals surface area (Å²) in [6, 6.07) is 0. The van der Waals surface area contributed by atoms with Gasteiger partial charge in [-0.2, -0.15) is 0 Å². The Bertz CT molecular complexity index is 1660. The Hall–Kier alpha value is -0.640. The molecule has 3 rings (SSSR count). The van der Waals surface area contributed by atoms with Crippen molar-refractivity contribution in [1.82, 2.24) is 15.5 Å². The zero-order chi connectivity index (χ0) is 63.2. The summed E-state index contributed by atoms with van der Waals surface area (Å²) in [5, 5.41) is 53.3. The van der Waals surface area contributed by atoms with Gasteiger partial charge in [-0.15, -0.1) is 0 Å². The van der Waals surface area contributed by atoms with Crippen LogP contribution >= 0.6 is 0 Å². The third-order valence-electron chi connectivity index (χ3n) is 21.0. The minimum Gasteiger partial charge on any atom is -0.391 e. The molecule has 0 bridgehead atoms. The SMILES string of the molecule is CCC(CC)(CC(O)COC(C)CC(CC)(CC)OC(C)CC(CC)(CC)OCC(O)CN(CC1CCCO1)C(CC)(CC)CC(O)COC(C)CC(CC)(CC)OC(C)CC(CC)(CC)OCC(O)CNCC1CCCO1)NCC1CCCO1. The molecule has 0 radical (unpaired) electrons. The van der Waals surface area contributed by atoms with Gasteiger partial charge in [0.15, 0.2) is 0 Å². The van der Waals surface area contributed by atoms with Crippen molar-refractivity contribution in [2.45, 2.75) is 366 Å². The predicted octanol–water partition coefficient (Wildman–Crippen LogP) is 11.8. The number of β-amino-alcohol motifs (C(OH)–C–C–N with tert-alkyl or cyclic N) is 1. The molecule has 0 aromatic carbocycles. The van der Waals surface area contributed by atoms with Gasteiger partial charge >= 0.3 is 0 Å². The summed E-state index contributed by atoms with van der Waals surface area (Å²) in [6.07, 6.45) is 17.7. The van der Waals surface area contributed by atoms with Crippen LogP contribution in [0.5, 0.6) is 0 Å². The van der Waals surface area contributed by atoms with Gasteiger partial charge in [-0.1, -0.05) is 83.1 Å². The highest BCUT2D eigenvalue weighted by Gasteiger charge is 2.42. The molecule has 0 aliphatic carbocycles. The maximum absolute atomic E-state index is 12.1. The van der Waals surface area contributed by atoms with Crippen molar-refractivity contribution in [3.05, 3.63) is 0 Å². The number of aliphatic hydroxyl groups excluding tert-OH is 4. The lowest BCUT2D eigenvalue weighted by atomic mass is 9.83. The van der Waals surface area contributed by atoms with Crippen LogP contribution in [0.25, 0.3) is 0 Å². The lowest BCUT2D eigenvalue weighted by Crippen LogP contribution is -2.56. The quantitative estimate of drug-likeness (QED) is 0.0337. The topological polar surface area (TPSA) is 191 Å². The van der Waals surface area contributed by atoms with Crippen molar-refractivity contribution < 1.29 is 63.1 Å². The average Bonchev–Trinajstić information content (AvgIpc) is 4.48. The van der Waals surface area contributed by atoms with Crippen LogP contribution in [-0.2, 0) is 42.6 Å². The molecule has 506 valence electrons. The molecule has 0 saturated carbocycles. The van der Waals surface area contributed by atoms with Crippen LogP contribution in [0.15, 0.2) is 0 Å². The molecule has 3 heterocycles. The Morgan fingerprint density at radius 2 is 0.835 bits per heavy atom. The number of rotatable bonds is 52. The molecule has 0 aromatic rings. The van der Waals surface area contributed by atoms with E-state index in [9.17, 15) is 20.4 Å². The molecule has 16 heteroatoms. The molecule has 0 aromatic heterocycles. The van der Waals surface area contributed by atoms with Crippen molar-refractivity contribution in [2.24, 2.45) is 0 Å². The Morgan fingerprint density at radius 1 is 0.435 bits per heavy atom. The van der Waals surface area contributed by atoms with Gasteiger partial charge in [-0.3, -0.25) is 4.90 Å². The highest BCUT2D eigenvalue weighted by atomic mass is 16.5. The van der Waals surface area contributed by atoms with E-state index >= 15 is 0 Å². The van der Waals surface area contributed by atoms with Crippen molar-refractivity contribution in [2.75, 3.05) is 79.0 Å². The average molecular weight is 1220 g/mol. The number of ether oxygens (including phenoxy) is 9. The maximum atomic E-state index is 12.1. The van der Waals surface area contributed by atoms with E-state index in [1.807, 2.05) is 0 Å². The van der Waals surface area contributed by atoms with Crippen molar-refractivity contribution >= 4 is 0 Å². The molecule has 3 aliphatic rings. The monoisotopic (exact) mass is 1220 g/mol. The first-order valence-electron chi connectivity index (χ1n) is 35.2. The fourth-order valence-corrected chi connectivity index (χ4v) is 14.6. The number of nitrogens with one attached hydrogen (secondary N) is 2. The Kier molecular flexibility index (Phi) is 37.3. The summed E-state index contributed by atoms with van der Waals surface area (Å²) < 4.78 is 58.4. The van der Waals surface area contributed by atoms with E-state index in [-0.39, 0.29) is 74.7 Å². The van der Waals surface area contributed by atoms with Gasteiger partial charge < -0.3 is 73.7 Å². The molecule has 3 fully saturated rings. The highest BCUT2D eigenvalue weighted by Crippen LogP contribution is 2.38. The summed E-state index contributed by atoms with van der Waals surface area (Å²) in [7, 11) is 0. The van der Waals surface area contributed by atoms with E-state index in [1.165, 1.54) is 0 Å². The van der Waals surface area contributed by atoms with Crippen LogP contribution in [-0.4, -0.2) is 205 Å². The molecule has 0 spiro atoms. The summed E-state index contributed by atoms with van der Waals surface area (Å²) in [5.74, 6) is 0. The number of hydrogen-bond donors (Lipinski definition) is 6. The lowest BCUT2D eigenvalue weighted by Gasteiger charge is -2.46. The maximum Gasteiger partial charge on any atom is 0.0900 e. The molecule has 11 unspecified atom stereocenters. The van der Waals surface area contributed by atoms with Crippen molar-refractivity contribution in [1.29, 1.82) is 0 Å². The number of hydrogen-bond acceptors (Lipinski definition) is 16. The van der Waals surface area contributed by atoms with Crippen LogP contribution in [0.2, 0.25) is 0 Å². The second kappa shape index (κ2) is 40.4. The Labute approximate surface area is 521 Å². The van der Waals surface area contributed by atoms with Gasteiger partial charge in [0, 0.05) is 89.3 Å². The molecule has 16 nitrogen and oxygen atoms in total. The summed E-state index contributed by atoms with van der Waals surface area (Å²) in [6.45, 7) is 41.2. The number of nitrogens with zero attached hydrogens (tertiary/aromatic N) is 1. The van der Waals surface area contributed by atoms with E-state index in [4.69, 9.17) is 42.6 Å². The fraction of sp³-hybridized carbons (Fsp3) is 1.00. The van der Waals surface area contributed by atoms with Gasteiger partial charge in [0.1, 0.15) is 0 Å². The molecule has 3 saturated heterocycles. The standard InChI is InChI=1S/C69H137N3O13/c1-17-64(18-2,71-46-62-33-30-36-78-62)42-57(73)49-80-53(13)38-68(25-9,26-10)85-56(16)41-67(23-7,24-8)83-52-60(76)47-72(48-63-34-31-37-79-63)65(19-3,20-4)43-58(74)50-81-54(14)39-69(27-11,28-12)84-55(15)40-66(21-5,22-6)82-51-59(75)44-70-45-61-32-29-35-77-61/h53-63,70-71,73-76H,17-52H2,1-16H3. The molecule has 85 heavy (non-hydrogen) atoms. The van der Waals surface area contributed by atoms with Gasteiger partial charge in [0.2, 0.25) is 0 Å². The smallest absolute Gasteiger partial charge is 0.0900 e. The normalized spacial score (nSPS) is 21.6. The van der Waals surface area contributed by atoms with E-state index in [0.717, 1.165) is 161 Å². The van der Waals surface area contributed by atoms with Crippen LogP contribution < -0.4 is 10.6 Å². The lowest BCUT2D eigenvalue weighted by molar-refractivity contribution is -0.160. The van der Waals surface area contributed by atoms with E-state index in [2.05, 4.69) is 126 Å². The zero-order valence-corrected chi connectivity index (χ0v) is 57.7. The van der Waals surface area contributed by atoms with E-state index in [1.54, 1.807) is 0 Å². The fourth-order valence-electron chi connectivity index (χ4n) is 14.6. The van der Waals surface area contributed by atoms with Crippen molar-refractivity contribution in [3.8, 4) is 0 Å². The zero-order valence-electron chi connectivity index (χ0n) is 57.7. The molecular formula is C69H137N3O13. The van der Waals surface area contributed by atoms with Gasteiger partial charge in [-0.25, -0.2) is 0 Å². The largest absolute Gasteiger partial charge is 0.391 e. The van der Waals surface area contributed by atoms with Crippen LogP contribution in [0.3, 0.4) is 0 Å². The Morgan fingerprint density at radius 3 is 1.24 bits per heavy atom. The summed E-state index contributed by atoms with van der Waals surface area (Å²) in [4.78, 5) is 2.40. The first-order chi connectivity index (χ1) is 40.5. The minimum atomic E-state index is -0.766. The first kappa shape index (κ1) is 78.6. The molecule has 3 aliphatic heterocycles. The molecule has 11 atom stereocenters. The first-order valence-corrected chi connectivity index (χ1v) is 35.2. The van der Waals surface area contributed by atoms with Gasteiger partial charge in [0.05, 0.1) is 116 Å². The van der Waals surface area contributed by atoms with E-state index in [0.29, 0.717) is 45.3 Å². The summed E-state index contributed by atoms with van der Waals surface area (Å²) >= 11 is 0. The Balaban J connectivity index is 1.61. The summed E-state index contributed by atoms with van der Waals surface area (Å²) in [5.41, 5.74) is -2.29. The highest BCUT2D eigenvalue weighted by molar-refractivity contribution is 4.95. The predicted molar refractivity (Wildman–Crippen MR) is 345 cm³/mol. The molecular weight excluding hydrogens is 1080 g/mol. The van der Waals surface area contributed by atoms with Gasteiger partial charge in [0.25, 0.3) is 0 Å². The third kappa shape index (κ3) is 26.5. The van der Waals surface area contributed by atoms with Crippen LogP contribution in [0.1, 0.15) is 265 Å². The van der Waals surface area contributed by atoms with E-state index < -0.39 is 52.4 Å².